The van der Waals surface area contributed by atoms with Gasteiger partial charge in [-0.05, 0) is 35.2 Å². The molecule has 0 bridgehead atoms. The first-order chi connectivity index (χ1) is 23.8. The summed E-state index contributed by atoms with van der Waals surface area (Å²) in [7, 11) is 0. The topological polar surface area (TPSA) is 63.8 Å². The van der Waals surface area contributed by atoms with Crippen molar-refractivity contribution >= 4 is 44.1 Å². The number of fused-ring (bicyclic) bond motifs is 4. The van der Waals surface area contributed by atoms with Gasteiger partial charge < -0.3 is 9.73 Å². The molecular formula is C43H28N4O. The SMILES string of the molecule is c1ccc(-c2nc(-c3ccccc3)nc(-c3ccc(Nc4cc5oc6ccccc6c5cc4-c4ccccc4)c4ccccc34)n2)cc1. The average Bonchev–Trinajstić information content (AvgIpc) is 3.53. The Hall–Kier alpha value is -6.59. The van der Waals surface area contributed by atoms with Crippen LogP contribution in [0.15, 0.2) is 168 Å². The van der Waals surface area contributed by atoms with Gasteiger partial charge in [0.05, 0.1) is 5.69 Å². The zero-order valence-electron chi connectivity index (χ0n) is 25.8. The lowest BCUT2D eigenvalue weighted by Crippen LogP contribution is -2.01. The fraction of sp³-hybridized carbons (Fsp3) is 0. The van der Waals surface area contributed by atoms with Crippen LogP contribution in [-0.4, -0.2) is 15.0 Å². The largest absolute Gasteiger partial charge is 0.456 e. The first-order valence-corrected chi connectivity index (χ1v) is 16.0. The van der Waals surface area contributed by atoms with E-state index in [2.05, 4.69) is 90.2 Å². The summed E-state index contributed by atoms with van der Waals surface area (Å²) in [6, 6.07) is 55.8. The van der Waals surface area contributed by atoms with E-state index in [1.807, 2.05) is 78.9 Å². The number of para-hydroxylation sites is 1. The maximum Gasteiger partial charge on any atom is 0.164 e. The fourth-order valence-electron chi connectivity index (χ4n) is 6.41. The van der Waals surface area contributed by atoms with Crippen molar-refractivity contribution in [3.05, 3.63) is 164 Å². The van der Waals surface area contributed by atoms with E-state index in [1.165, 1.54) is 0 Å². The number of aromatic nitrogens is 3. The van der Waals surface area contributed by atoms with Gasteiger partial charge in [-0.2, -0.15) is 0 Å². The maximum absolute atomic E-state index is 6.32. The summed E-state index contributed by atoms with van der Waals surface area (Å²) in [5.74, 6) is 1.90. The van der Waals surface area contributed by atoms with E-state index in [0.29, 0.717) is 17.5 Å². The second-order valence-corrected chi connectivity index (χ2v) is 11.7. The predicted octanol–water partition coefficient (Wildman–Crippen LogP) is 11.3. The van der Waals surface area contributed by atoms with Crippen LogP contribution in [0.3, 0.4) is 0 Å². The second-order valence-electron chi connectivity index (χ2n) is 11.7. The van der Waals surface area contributed by atoms with Gasteiger partial charge in [0.25, 0.3) is 0 Å². The molecule has 0 saturated heterocycles. The first kappa shape index (κ1) is 27.7. The van der Waals surface area contributed by atoms with E-state index in [-0.39, 0.29) is 0 Å². The molecule has 2 heterocycles. The second kappa shape index (κ2) is 11.6. The highest BCUT2D eigenvalue weighted by molar-refractivity contribution is 6.10. The summed E-state index contributed by atoms with van der Waals surface area (Å²) in [5.41, 5.74) is 8.69. The molecule has 5 nitrogen and oxygen atoms in total. The van der Waals surface area contributed by atoms with Crippen molar-refractivity contribution in [2.24, 2.45) is 0 Å². The number of hydrogen-bond donors (Lipinski definition) is 1. The lowest BCUT2D eigenvalue weighted by molar-refractivity contribution is 0.669. The number of rotatable bonds is 6. The minimum atomic E-state index is 0.624. The summed E-state index contributed by atoms with van der Waals surface area (Å²) in [5, 5.41) is 8.08. The average molecular weight is 617 g/mol. The molecule has 0 radical (unpaired) electrons. The molecule has 0 spiro atoms. The van der Waals surface area contributed by atoms with Crippen LogP contribution in [0, 0.1) is 0 Å². The van der Waals surface area contributed by atoms with E-state index in [1.54, 1.807) is 0 Å². The van der Waals surface area contributed by atoms with Gasteiger partial charge in [0.15, 0.2) is 17.5 Å². The third-order valence-electron chi connectivity index (χ3n) is 8.74. The van der Waals surface area contributed by atoms with Crippen molar-refractivity contribution < 1.29 is 4.42 Å². The molecule has 2 aromatic heterocycles. The normalized spacial score (nSPS) is 11.3. The molecule has 9 rings (SSSR count). The van der Waals surface area contributed by atoms with Crippen molar-refractivity contribution in [1.82, 2.24) is 15.0 Å². The minimum absolute atomic E-state index is 0.624. The van der Waals surface area contributed by atoms with Crippen molar-refractivity contribution in [3.8, 4) is 45.3 Å². The number of nitrogens with zero attached hydrogens (tertiary/aromatic N) is 3. The van der Waals surface area contributed by atoms with Gasteiger partial charge in [-0.15, -0.1) is 0 Å². The van der Waals surface area contributed by atoms with Crippen LogP contribution >= 0.6 is 0 Å². The standard InChI is InChI=1S/C43H28N4O/c1-4-14-28(15-5-1)35-26-36-33-22-12-13-23-39(33)48-40(36)27-38(35)44-37-25-24-34(31-20-10-11-21-32(31)37)43-46-41(29-16-6-2-7-17-29)45-42(47-43)30-18-8-3-9-19-30/h1-27,44H. The van der Waals surface area contributed by atoms with Crippen molar-refractivity contribution in [2.75, 3.05) is 5.32 Å². The summed E-state index contributed by atoms with van der Waals surface area (Å²) in [6.07, 6.45) is 0. The van der Waals surface area contributed by atoms with Gasteiger partial charge in [0, 0.05) is 50.2 Å². The van der Waals surface area contributed by atoms with Gasteiger partial charge in [-0.1, -0.05) is 133 Å². The Labute approximate surface area is 277 Å². The lowest BCUT2D eigenvalue weighted by Gasteiger charge is -2.16. The van der Waals surface area contributed by atoms with Gasteiger partial charge in [-0.25, -0.2) is 15.0 Å². The van der Waals surface area contributed by atoms with Crippen molar-refractivity contribution in [2.45, 2.75) is 0 Å². The molecule has 7 aromatic carbocycles. The summed E-state index contributed by atoms with van der Waals surface area (Å²) < 4.78 is 6.32. The molecule has 0 aliphatic carbocycles. The molecule has 0 amide bonds. The Morgan fingerprint density at radius 1 is 0.354 bits per heavy atom. The summed E-state index contributed by atoms with van der Waals surface area (Å²) in [4.78, 5) is 14.9. The first-order valence-electron chi connectivity index (χ1n) is 16.0. The molecule has 0 aliphatic rings. The Bertz CT molecular complexity index is 2520. The molecule has 0 atom stereocenters. The van der Waals surface area contributed by atoms with Crippen LogP contribution in [0.2, 0.25) is 0 Å². The Balaban J connectivity index is 1.21. The van der Waals surface area contributed by atoms with E-state index in [4.69, 9.17) is 19.4 Å². The molecule has 226 valence electrons. The minimum Gasteiger partial charge on any atom is -0.456 e. The fourth-order valence-corrected chi connectivity index (χ4v) is 6.41. The van der Waals surface area contributed by atoms with Crippen LogP contribution in [0.1, 0.15) is 0 Å². The lowest BCUT2D eigenvalue weighted by atomic mass is 9.99. The Morgan fingerprint density at radius 3 is 1.56 bits per heavy atom. The van der Waals surface area contributed by atoms with E-state index < -0.39 is 0 Å². The molecule has 5 heteroatoms. The molecule has 48 heavy (non-hydrogen) atoms. The summed E-state index contributed by atoms with van der Waals surface area (Å²) in [6.45, 7) is 0. The zero-order chi connectivity index (χ0) is 31.9. The van der Waals surface area contributed by atoms with Crippen LogP contribution in [-0.2, 0) is 0 Å². The zero-order valence-corrected chi connectivity index (χ0v) is 25.8. The van der Waals surface area contributed by atoms with Crippen LogP contribution in [0.25, 0.3) is 78.0 Å². The number of anilines is 2. The number of benzene rings is 7. The molecule has 0 aliphatic heterocycles. The maximum atomic E-state index is 6.32. The predicted molar refractivity (Wildman–Crippen MR) is 196 cm³/mol. The highest BCUT2D eigenvalue weighted by Gasteiger charge is 2.18. The number of hydrogen-bond acceptors (Lipinski definition) is 5. The van der Waals surface area contributed by atoms with Gasteiger partial charge in [0.1, 0.15) is 11.2 Å². The van der Waals surface area contributed by atoms with Crippen LogP contribution in [0.4, 0.5) is 11.4 Å². The Morgan fingerprint density at radius 2 is 0.896 bits per heavy atom. The molecule has 0 saturated carbocycles. The third-order valence-corrected chi connectivity index (χ3v) is 8.74. The van der Waals surface area contributed by atoms with E-state index >= 15 is 0 Å². The Kier molecular flexibility index (Phi) is 6.72. The molecule has 9 aromatic rings. The van der Waals surface area contributed by atoms with Gasteiger partial charge >= 0.3 is 0 Å². The van der Waals surface area contributed by atoms with Gasteiger partial charge in [0.2, 0.25) is 0 Å². The number of nitrogens with one attached hydrogen (secondary N) is 1. The third kappa shape index (κ3) is 4.95. The van der Waals surface area contributed by atoms with Gasteiger partial charge in [-0.3, -0.25) is 0 Å². The summed E-state index contributed by atoms with van der Waals surface area (Å²) >= 11 is 0. The van der Waals surface area contributed by atoms with Crippen LogP contribution < -0.4 is 5.32 Å². The van der Waals surface area contributed by atoms with Crippen LogP contribution in [0.5, 0.6) is 0 Å². The molecule has 0 unspecified atom stereocenters. The smallest absolute Gasteiger partial charge is 0.164 e. The molecule has 0 fully saturated rings. The van der Waals surface area contributed by atoms with Crippen molar-refractivity contribution in [3.63, 3.8) is 0 Å². The van der Waals surface area contributed by atoms with Crippen molar-refractivity contribution in [1.29, 1.82) is 0 Å². The van der Waals surface area contributed by atoms with E-state index in [9.17, 15) is 0 Å². The highest BCUT2D eigenvalue weighted by atomic mass is 16.3. The monoisotopic (exact) mass is 616 g/mol. The quantitative estimate of drug-likeness (QED) is 0.201. The highest BCUT2D eigenvalue weighted by Crippen LogP contribution is 2.41. The molecular weight excluding hydrogens is 589 g/mol. The van der Waals surface area contributed by atoms with E-state index in [0.717, 1.165) is 71.9 Å². The number of furan rings is 1. The molecule has 1 N–H and O–H groups in total.